The lowest BCUT2D eigenvalue weighted by molar-refractivity contribution is -0.185. The summed E-state index contributed by atoms with van der Waals surface area (Å²) >= 11 is 4.02. The Morgan fingerprint density at radius 2 is 1.81 bits per heavy atom. The Kier molecular flexibility index (Phi) is 10.0. The Bertz CT molecular complexity index is 288. The van der Waals surface area contributed by atoms with Crippen LogP contribution in [0.4, 0.5) is 4.79 Å². The number of carbonyl (C=O) groups excluding carboxylic acids is 1. The molecule has 0 aromatic carbocycles. The molecule has 21 heavy (non-hydrogen) atoms. The average molecular weight is 323 g/mol. The summed E-state index contributed by atoms with van der Waals surface area (Å²) in [6.07, 6.45) is -0.474. The molecule has 1 rings (SSSR count). The monoisotopic (exact) mass is 323 g/mol. The molecular formula is C14H29NO5S. The summed E-state index contributed by atoms with van der Waals surface area (Å²) in [6.45, 7) is 11.3. The second-order valence-corrected chi connectivity index (χ2v) is 5.79. The van der Waals surface area contributed by atoms with E-state index in [0.717, 1.165) is 0 Å². The van der Waals surface area contributed by atoms with E-state index < -0.39 is 11.2 Å². The van der Waals surface area contributed by atoms with Gasteiger partial charge in [-0.1, -0.05) is 13.8 Å². The van der Waals surface area contributed by atoms with Crippen molar-refractivity contribution in [3.8, 4) is 0 Å². The molecule has 7 heteroatoms. The third kappa shape index (κ3) is 9.95. The summed E-state index contributed by atoms with van der Waals surface area (Å²) in [5.41, 5.74) is -0.956. The van der Waals surface area contributed by atoms with Crippen LogP contribution in [0.1, 0.15) is 34.6 Å². The van der Waals surface area contributed by atoms with Gasteiger partial charge in [0.1, 0.15) is 11.7 Å². The van der Waals surface area contributed by atoms with Gasteiger partial charge in [-0.2, -0.15) is 0 Å². The van der Waals surface area contributed by atoms with Gasteiger partial charge in [-0.15, -0.1) is 12.6 Å². The van der Waals surface area contributed by atoms with Crippen LogP contribution in [0.2, 0.25) is 0 Å². The lowest BCUT2D eigenvalue weighted by atomic mass is 10.2. The molecule has 1 aliphatic rings. The van der Waals surface area contributed by atoms with Crippen molar-refractivity contribution in [2.75, 3.05) is 33.4 Å². The molecule has 0 radical (unpaired) electrons. The van der Waals surface area contributed by atoms with Crippen molar-refractivity contribution in [1.82, 2.24) is 4.90 Å². The highest BCUT2D eigenvalue weighted by atomic mass is 32.1. The first-order chi connectivity index (χ1) is 9.78. The molecule has 0 atom stereocenters. The van der Waals surface area contributed by atoms with Crippen molar-refractivity contribution in [3.63, 3.8) is 0 Å². The molecule has 0 aromatic heterocycles. The minimum absolute atomic E-state index is 0.115. The first-order valence-corrected chi connectivity index (χ1v) is 7.76. The summed E-state index contributed by atoms with van der Waals surface area (Å²) < 4.78 is 21.1. The van der Waals surface area contributed by atoms with Crippen LogP contribution in [0.25, 0.3) is 0 Å². The van der Waals surface area contributed by atoms with Gasteiger partial charge in [-0.25, -0.2) is 4.79 Å². The van der Waals surface area contributed by atoms with Gasteiger partial charge in [0.05, 0.1) is 19.8 Å². The zero-order valence-corrected chi connectivity index (χ0v) is 14.8. The fourth-order valence-corrected chi connectivity index (χ4v) is 1.53. The number of likely N-dealkylation sites (N-methyl/N-ethyl adjacent to an activating group) is 1. The van der Waals surface area contributed by atoms with E-state index in [4.69, 9.17) is 18.9 Å². The van der Waals surface area contributed by atoms with Crippen molar-refractivity contribution < 1.29 is 23.7 Å². The number of hydrogen-bond donors (Lipinski definition) is 1. The minimum atomic E-state index is -0.487. The van der Waals surface area contributed by atoms with E-state index >= 15 is 0 Å². The van der Waals surface area contributed by atoms with E-state index in [1.807, 2.05) is 34.6 Å². The van der Waals surface area contributed by atoms with E-state index in [0.29, 0.717) is 26.4 Å². The van der Waals surface area contributed by atoms with E-state index in [-0.39, 0.29) is 12.2 Å². The van der Waals surface area contributed by atoms with Gasteiger partial charge in [-0.3, -0.25) is 0 Å². The normalized spacial score (nSPS) is 22.0. The Labute approximate surface area is 133 Å². The van der Waals surface area contributed by atoms with Gasteiger partial charge in [0.25, 0.3) is 0 Å². The molecule has 0 bridgehead atoms. The Balaban J connectivity index is 0.00000191. The minimum Gasteiger partial charge on any atom is -0.444 e. The summed E-state index contributed by atoms with van der Waals surface area (Å²) in [5, 5.41) is 0. The maximum Gasteiger partial charge on any atom is 0.410 e. The number of ether oxygens (including phenoxy) is 4. The number of hydrogen-bond acceptors (Lipinski definition) is 6. The lowest BCUT2D eigenvalue weighted by Gasteiger charge is -2.28. The van der Waals surface area contributed by atoms with Crippen LogP contribution in [0, 0.1) is 0 Å². The van der Waals surface area contributed by atoms with Gasteiger partial charge in [0, 0.05) is 13.6 Å². The number of thiol groups is 1. The molecule has 0 spiro atoms. The molecule has 1 saturated heterocycles. The van der Waals surface area contributed by atoms with Crippen LogP contribution in [-0.2, 0) is 18.9 Å². The molecule has 0 unspecified atom stereocenters. The highest BCUT2D eigenvalue weighted by Crippen LogP contribution is 2.11. The second-order valence-electron chi connectivity index (χ2n) is 5.37. The molecule has 1 aliphatic heterocycles. The van der Waals surface area contributed by atoms with Crippen LogP contribution in [0.5, 0.6) is 0 Å². The second kappa shape index (κ2) is 10.3. The molecule has 1 amide bonds. The Hall–Kier alpha value is -0.500. The van der Waals surface area contributed by atoms with Crippen LogP contribution in [0.3, 0.4) is 0 Å². The van der Waals surface area contributed by atoms with Crippen molar-refractivity contribution in [3.05, 3.63) is 0 Å². The molecule has 1 heterocycles. The Morgan fingerprint density at radius 1 is 1.29 bits per heavy atom. The topological polar surface area (TPSA) is 57.2 Å². The highest BCUT2D eigenvalue weighted by molar-refractivity contribution is 7.80. The molecule has 0 aliphatic carbocycles. The van der Waals surface area contributed by atoms with Gasteiger partial charge < -0.3 is 23.8 Å². The Morgan fingerprint density at radius 3 is 2.29 bits per heavy atom. The molecule has 0 aromatic rings. The van der Waals surface area contributed by atoms with E-state index in [2.05, 4.69) is 12.6 Å². The maximum absolute atomic E-state index is 11.7. The third-order valence-electron chi connectivity index (χ3n) is 2.33. The molecule has 0 N–H and O–H groups in total. The fraction of sp³-hybridized carbons (Fsp3) is 0.929. The van der Waals surface area contributed by atoms with Gasteiger partial charge in [0.15, 0.2) is 0 Å². The van der Waals surface area contributed by atoms with E-state index in [1.165, 1.54) is 4.90 Å². The quantitative estimate of drug-likeness (QED) is 0.806. The number of carbonyl (C=O) groups is 1. The smallest absolute Gasteiger partial charge is 0.410 e. The molecule has 0 saturated carbocycles. The zero-order valence-electron chi connectivity index (χ0n) is 13.9. The SMILES string of the molecule is CC.CN(CCOC1COC(S)OC1)C(=O)OC(C)(C)C. The van der Waals surface area contributed by atoms with Crippen LogP contribution in [-0.4, -0.2) is 61.7 Å². The van der Waals surface area contributed by atoms with E-state index in [9.17, 15) is 4.79 Å². The van der Waals surface area contributed by atoms with Gasteiger partial charge in [0.2, 0.25) is 5.62 Å². The van der Waals surface area contributed by atoms with Crippen LogP contribution in [0.15, 0.2) is 0 Å². The van der Waals surface area contributed by atoms with Crippen molar-refractivity contribution in [2.24, 2.45) is 0 Å². The predicted molar refractivity (Wildman–Crippen MR) is 84.6 cm³/mol. The molecular weight excluding hydrogens is 294 g/mol. The maximum atomic E-state index is 11.7. The van der Waals surface area contributed by atoms with Gasteiger partial charge in [-0.05, 0) is 20.8 Å². The van der Waals surface area contributed by atoms with E-state index in [1.54, 1.807) is 7.05 Å². The standard InChI is InChI=1S/C12H23NO5S.C2H6/c1-12(2,3)18-10(14)13(4)5-6-15-9-7-16-11(19)17-8-9;1-2/h9,11,19H,5-8H2,1-4H3;1-2H3. The van der Waals surface area contributed by atoms with Crippen molar-refractivity contribution >= 4 is 18.7 Å². The summed E-state index contributed by atoms with van der Waals surface area (Å²) in [6, 6.07) is 0. The molecule has 1 fully saturated rings. The third-order valence-corrected chi connectivity index (χ3v) is 2.63. The lowest BCUT2D eigenvalue weighted by Crippen LogP contribution is -2.39. The fourth-order valence-electron chi connectivity index (χ4n) is 1.36. The summed E-state index contributed by atoms with van der Waals surface area (Å²) in [7, 11) is 1.68. The highest BCUT2D eigenvalue weighted by Gasteiger charge is 2.22. The molecule has 6 nitrogen and oxygen atoms in total. The first kappa shape index (κ1) is 20.5. The number of rotatable bonds is 4. The predicted octanol–water partition coefficient (Wildman–Crippen LogP) is 2.52. The van der Waals surface area contributed by atoms with Gasteiger partial charge >= 0.3 is 6.09 Å². The first-order valence-electron chi connectivity index (χ1n) is 7.25. The average Bonchev–Trinajstić information content (AvgIpc) is 2.41. The number of amides is 1. The summed E-state index contributed by atoms with van der Waals surface area (Å²) in [5.74, 6) is 0. The van der Waals surface area contributed by atoms with Crippen molar-refractivity contribution in [1.29, 1.82) is 0 Å². The number of nitrogens with zero attached hydrogens (tertiary/aromatic N) is 1. The molecule has 126 valence electrons. The van der Waals surface area contributed by atoms with Crippen molar-refractivity contribution in [2.45, 2.75) is 51.9 Å². The zero-order chi connectivity index (χ0) is 16.5. The van der Waals surface area contributed by atoms with Crippen LogP contribution < -0.4 is 0 Å². The summed E-state index contributed by atoms with van der Waals surface area (Å²) in [4.78, 5) is 13.2. The van der Waals surface area contributed by atoms with Crippen LogP contribution >= 0.6 is 12.6 Å². The largest absolute Gasteiger partial charge is 0.444 e.